The third kappa shape index (κ3) is 2.72. The molecule has 1 aromatic heterocycles. The number of carboxylic acid groups (broad SMARTS) is 1. The first-order valence-electron chi connectivity index (χ1n) is 5.60. The summed E-state index contributed by atoms with van der Waals surface area (Å²) >= 11 is 0. The van der Waals surface area contributed by atoms with Crippen LogP contribution in [0, 0.1) is 17.0 Å². The van der Waals surface area contributed by atoms with E-state index in [0.29, 0.717) is 11.4 Å². The second kappa shape index (κ2) is 5.35. The van der Waals surface area contributed by atoms with E-state index in [1.54, 1.807) is 25.3 Å². The van der Waals surface area contributed by atoms with Gasteiger partial charge in [0.05, 0.1) is 16.7 Å². The van der Waals surface area contributed by atoms with Gasteiger partial charge in [-0.15, -0.1) is 0 Å². The summed E-state index contributed by atoms with van der Waals surface area (Å²) in [4.78, 5) is 25.0. The number of hydrogen-bond acceptors (Lipinski definition) is 5. The molecule has 0 fully saturated rings. The summed E-state index contributed by atoms with van der Waals surface area (Å²) in [6, 6.07) is 6.92. The monoisotopic (exact) mass is 274 g/mol. The van der Waals surface area contributed by atoms with E-state index in [9.17, 15) is 14.9 Å². The molecule has 0 aliphatic carbocycles. The molecule has 1 heterocycles. The molecule has 0 amide bonds. The Hall–Kier alpha value is -2.96. The number of nitro groups is 1. The van der Waals surface area contributed by atoms with E-state index in [0.717, 1.165) is 12.1 Å². The summed E-state index contributed by atoms with van der Waals surface area (Å²) in [5.41, 5.74) is -0.278. The first kappa shape index (κ1) is 13.5. The number of aromatic nitrogens is 1. The summed E-state index contributed by atoms with van der Waals surface area (Å²) in [5, 5.41) is 19.8. The van der Waals surface area contributed by atoms with Gasteiger partial charge in [0, 0.05) is 6.20 Å². The van der Waals surface area contributed by atoms with Crippen molar-refractivity contribution >= 4 is 11.7 Å². The average molecular weight is 274 g/mol. The van der Waals surface area contributed by atoms with Crippen LogP contribution in [-0.4, -0.2) is 21.0 Å². The first-order chi connectivity index (χ1) is 9.49. The Morgan fingerprint density at radius 1 is 1.40 bits per heavy atom. The number of benzene rings is 1. The lowest BCUT2D eigenvalue weighted by atomic mass is 10.1. The number of aryl methyl sites for hydroxylation is 1. The molecule has 20 heavy (non-hydrogen) atoms. The van der Waals surface area contributed by atoms with Gasteiger partial charge in [-0.2, -0.15) is 0 Å². The Morgan fingerprint density at radius 3 is 2.75 bits per heavy atom. The molecule has 0 unspecified atom stereocenters. The third-order valence-corrected chi connectivity index (χ3v) is 2.58. The quantitative estimate of drug-likeness (QED) is 0.679. The lowest BCUT2D eigenvalue weighted by Gasteiger charge is -2.08. The predicted octanol–water partition coefficient (Wildman–Crippen LogP) is 2.79. The van der Waals surface area contributed by atoms with Crippen LogP contribution in [0.4, 0.5) is 5.69 Å². The van der Waals surface area contributed by atoms with E-state index in [4.69, 9.17) is 9.84 Å². The summed E-state index contributed by atoms with van der Waals surface area (Å²) in [7, 11) is 0. The lowest BCUT2D eigenvalue weighted by Crippen LogP contribution is -2.02. The fourth-order valence-corrected chi connectivity index (χ4v) is 1.61. The van der Waals surface area contributed by atoms with Gasteiger partial charge < -0.3 is 9.84 Å². The average Bonchev–Trinajstić information content (AvgIpc) is 2.41. The molecule has 0 atom stereocenters. The van der Waals surface area contributed by atoms with Crippen molar-refractivity contribution in [3.8, 4) is 11.5 Å². The SMILES string of the molecule is Cc1ncccc1Oc1ccc(C(=O)O)c([N+](=O)[O-])c1. The van der Waals surface area contributed by atoms with Gasteiger partial charge in [-0.1, -0.05) is 0 Å². The zero-order valence-corrected chi connectivity index (χ0v) is 10.4. The Labute approximate surface area is 113 Å². The van der Waals surface area contributed by atoms with E-state index in [2.05, 4.69) is 4.98 Å². The molecule has 0 saturated carbocycles. The molecule has 1 aromatic carbocycles. The minimum absolute atomic E-state index is 0.179. The van der Waals surface area contributed by atoms with Crippen molar-refractivity contribution < 1.29 is 19.6 Å². The molecule has 102 valence electrons. The van der Waals surface area contributed by atoms with Crippen molar-refractivity contribution in [1.29, 1.82) is 0 Å². The summed E-state index contributed by atoms with van der Waals surface area (Å²) in [6.45, 7) is 1.73. The van der Waals surface area contributed by atoms with Crippen LogP contribution in [0.5, 0.6) is 11.5 Å². The maximum Gasteiger partial charge on any atom is 0.342 e. The molecular weight excluding hydrogens is 264 g/mol. The Balaban J connectivity index is 2.40. The van der Waals surface area contributed by atoms with Gasteiger partial charge in [0.2, 0.25) is 0 Å². The molecular formula is C13H10N2O5. The summed E-state index contributed by atoms with van der Waals surface area (Å²) < 4.78 is 5.47. The number of carbonyl (C=O) groups is 1. The second-order valence-electron chi connectivity index (χ2n) is 3.93. The van der Waals surface area contributed by atoms with Gasteiger partial charge in [0.25, 0.3) is 5.69 Å². The second-order valence-corrected chi connectivity index (χ2v) is 3.93. The molecule has 7 nitrogen and oxygen atoms in total. The minimum atomic E-state index is -1.36. The molecule has 2 rings (SSSR count). The lowest BCUT2D eigenvalue weighted by molar-refractivity contribution is -0.385. The van der Waals surface area contributed by atoms with Crippen LogP contribution >= 0.6 is 0 Å². The van der Waals surface area contributed by atoms with Crippen LogP contribution in [0.25, 0.3) is 0 Å². The molecule has 0 aliphatic heterocycles. The van der Waals surface area contributed by atoms with Crippen LogP contribution in [0.1, 0.15) is 16.1 Å². The smallest absolute Gasteiger partial charge is 0.342 e. The zero-order valence-electron chi connectivity index (χ0n) is 10.4. The number of carboxylic acids is 1. The van der Waals surface area contributed by atoms with E-state index in [-0.39, 0.29) is 11.3 Å². The van der Waals surface area contributed by atoms with Crippen molar-refractivity contribution in [3.63, 3.8) is 0 Å². The van der Waals surface area contributed by atoms with Crippen molar-refractivity contribution in [2.45, 2.75) is 6.92 Å². The largest absolute Gasteiger partial charge is 0.477 e. The van der Waals surface area contributed by atoms with Crippen LogP contribution in [0.2, 0.25) is 0 Å². The highest BCUT2D eigenvalue weighted by Crippen LogP contribution is 2.29. The number of nitrogens with zero attached hydrogens (tertiary/aromatic N) is 2. The maximum absolute atomic E-state index is 10.9. The number of nitro benzene ring substituents is 1. The fraction of sp³-hybridized carbons (Fsp3) is 0.0769. The summed E-state index contributed by atoms with van der Waals surface area (Å²) in [6.07, 6.45) is 1.60. The zero-order chi connectivity index (χ0) is 14.7. The molecule has 0 radical (unpaired) electrons. The fourth-order valence-electron chi connectivity index (χ4n) is 1.61. The number of rotatable bonds is 4. The van der Waals surface area contributed by atoms with Crippen molar-refractivity contribution in [3.05, 3.63) is 57.9 Å². The van der Waals surface area contributed by atoms with Gasteiger partial charge in [-0.05, 0) is 31.2 Å². The van der Waals surface area contributed by atoms with Crippen molar-refractivity contribution in [2.24, 2.45) is 0 Å². The van der Waals surface area contributed by atoms with Gasteiger partial charge in [0.1, 0.15) is 17.1 Å². The van der Waals surface area contributed by atoms with Crippen LogP contribution in [0.15, 0.2) is 36.5 Å². The minimum Gasteiger partial charge on any atom is -0.477 e. The molecule has 0 spiro atoms. The topological polar surface area (TPSA) is 103 Å². The third-order valence-electron chi connectivity index (χ3n) is 2.58. The van der Waals surface area contributed by atoms with Gasteiger partial charge in [0.15, 0.2) is 0 Å². The predicted molar refractivity (Wildman–Crippen MR) is 69.1 cm³/mol. The molecule has 0 saturated heterocycles. The maximum atomic E-state index is 10.9. The first-order valence-corrected chi connectivity index (χ1v) is 5.60. The van der Waals surface area contributed by atoms with E-state index in [1.807, 2.05) is 0 Å². The highest BCUT2D eigenvalue weighted by Gasteiger charge is 2.20. The normalized spacial score (nSPS) is 10.1. The van der Waals surface area contributed by atoms with Crippen LogP contribution in [0.3, 0.4) is 0 Å². The Kier molecular flexibility index (Phi) is 3.60. The van der Waals surface area contributed by atoms with Crippen molar-refractivity contribution in [1.82, 2.24) is 4.98 Å². The number of ether oxygens (including phenoxy) is 1. The molecule has 7 heteroatoms. The van der Waals surface area contributed by atoms with E-state index in [1.165, 1.54) is 6.07 Å². The molecule has 2 aromatic rings. The molecule has 0 bridgehead atoms. The highest BCUT2D eigenvalue weighted by molar-refractivity contribution is 5.92. The van der Waals surface area contributed by atoms with Crippen molar-refractivity contribution in [2.75, 3.05) is 0 Å². The number of aromatic carboxylic acids is 1. The van der Waals surface area contributed by atoms with E-state index >= 15 is 0 Å². The highest BCUT2D eigenvalue weighted by atomic mass is 16.6. The van der Waals surface area contributed by atoms with Gasteiger partial charge in [-0.25, -0.2) is 4.79 Å². The molecule has 0 aliphatic rings. The molecule has 1 N–H and O–H groups in total. The van der Waals surface area contributed by atoms with Crippen LogP contribution in [-0.2, 0) is 0 Å². The number of pyridine rings is 1. The Bertz CT molecular complexity index is 684. The standard InChI is InChI=1S/C13H10N2O5/c1-8-12(3-2-6-14-8)20-9-4-5-10(13(16)17)11(7-9)15(18)19/h2-7H,1H3,(H,16,17). The Morgan fingerprint density at radius 2 is 2.15 bits per heavy atom. The van der Waals surface area contributed by atoms with Crippen LogP contribution < -0.4 is 4.74 Å². The summed E-state index contributed by atoms with van der Waals surface area (Å²) in [5.74, 6) is -0.733. The number of hydrogen-bond donors (Lipinski definition) is 1. The van der Waals surface area contributed by atoms with Gasteiger partial charge >= 0.3 is 5.97 Å². The van der Waals surface area contributed by atoms with E-state index < -0.39 is 16.6 Å². The van der Waals surface area contributed by atoms with Gasteiger partial charge in [-0.3, -0.25) is 15.1 Å².